The maximum absolute atomic E-state index is 13.5. The molecule has 0 spiro atoms. The molecule has 0 radical (unpaired) electrons. The lowest BCUT2D eigenvalue weighted by Gasteiger charge is -2.22. The zero-order chi connectivity index (χ0) is 27.6. The molecule has 38 heavy (non-hydrogen) atoms. The molecule has 1 N–H and O–H groups in total. The van der Waals surface area contributed by atoms with E-state index in [2.05, 4.69) is 18.7 Å². The Morgan fingerprint density at radius 1 is 0.895 bits per heavy atom. The molecule has 0 aliphatic heterocycles. The van der Waals surface area contributed by atoms with Crippen LogP contribution in [0.15, 0.2) is 74.3 Å². The van der Waals surface area contributed by atoms with Gasteiger partial charge in [-0.1, -0.05) is 32.0 Å². The zero-order valence-electron chi connectivity index (χ0n) is 22.7. The third kappa shape index (κ3) is 4.56. The lowest BCUT2D eigenvalue weighted by Crippen LogP contribution is -2.21. The fourth-order valence-corrected chi connectivity index (χ4v) is 4.76. The number of carboxylic acid groups (broad SMARTS) is 1. The summed E-state index contributed by atoms with van der Waals surface area (Å²) >= 11 is 0. The normalized spacial score (nSPS) is 10.9. The van der Waals surface area contributed by atoms with E-state index in [9.17, 15) is 14.7 Å². The summed E-state index contributed by atoms with van der Waals surface area (Å²) in [6.45, 7) is 9.82. The topological polar surface area (TPSA) is 86.9 Å². The second-order valence-corrected chi connectivity index (χ2v) is 8.85. The van der Waals surface area contributed by atoms with Gasteiger partial charge in [0, 0.05) is 41.9 Å². The molecule has 0 aliphatic rings. The van der Waals surface area contributed by atoms with Gasteiger partial charge in [0.2, 0.25) is 5.36 Å². The predicted molar refractivity (Wildman–Crippen MR) is 154 cm³/mol. The number of benzene rings is 3. The second-order valence-electron chi connectivity index (χ2n) is 8.85. The highest BCUT2D eigenvalue weighted by Gasteiger charge is 2.23. The molecule has 0 unspecified atom stereocenters. The molecule has 7 nitrogen and oxygen atoms in total. The van der Waals surface area contributed by atoms with Crippen molar-refractivity contribution in [2.24, 2.45) is 0 Å². The molecule has 0 bridgehead atoms. The highest BCUT2D eigenvalue weighted by molar-refractivity contribution is 6.16. The average molecular weight is 514 g/mol. The monoisotopic (exact) mass is 513 g/mol. The van der Waals surface area contributed by atoms with E-state index < -0.39 is 11.6 Å². The van der Waals surface area contributed by atoms with Crippen LogP contribution in [0.5, 0.6) is 0 Å². The Morgan fingerprint density at radius 3 is 2.21 bits per heavy atom. The van der Waals surface area contributed by atoms with Gasteiger partial charge in [-0.25, -0.2) is 14.2 Å². The Bertz CT molecular complexity index is 1790. The molecular weight excluding hydrogens is 480 g/mol. The number of aromatic carboxylic acids is 1. The molecule has 7 heteroatoms. The van der Waals surface area contributed by atoms with Gasteiger partial charge >= 0.3 is 11.6 Å². The van der Waals surface area contributed by atoms with Crippen LogP contribution in [0.4, 0.5) is 5.69 Å². The van der Waals surface area contributed by atoms with Crippen molar-refractivity contribution in [3.05, 3.63) is 82.0 Å². The van der Waals surface area contributed by atoms with Crippen LogP contribution in [0, 0.1) is 0 Å². The van der Waals surface area contributed by atoms with E-state index in [-0.39, 0.29) is 10.9 Å². The number of nitrogens with zero attached hydrogens (tertiary/aromatic N) is 2. The van der Waals surface area contributed by atoms with E-state index in [0.717, 1.165) is 24.1 Å². The second kappa shape index (κ2) is 10.9. The van der Waals surface area contributed by atoms with Gasteiger partial charge in [-0.05, 0) is 43.7 Å². The van der Waals surface area contributed by atoms with Crippen molar-refractivity contribution in [1.29, 1.82) is 0 Å². The van der Waals surface area contributed by atoms with E-state index in [0.29, 0.717) is 38.6 Å². The molecule has 0 aliphatic carbocycles. The van der Waals surface area contributed by atoms with Crippen LogP contribution in [0.25, 0.3) is 44.0 Å². The van der Waals surface area contributed by atoms with E-state index >= 15 is 0 Å². The molecule has 2 aromatic heterocycles. The molecule has 0 fully saturated rings. The summed E-state index contributed by atoms with van der Waals surface area (Å²) in [4.78, 5) is 27.8. The van der Waals surface area contributed by atoms with Crippen molar-refractivity contribution in [3.63, 3.8) is 0 Å². The summed E-state index contributed by atoms with van der Waals surface area (Å²) in [7, 11) is 3.82. The molecule has 0 saturated heterocycles. The molecule has 5 rings (SSSR count). The Hall–Kier alpha value is -4.39. The largest absolute Gasteiger partial charge is 0.478 e. The van der Waals surface area contributed by atoms with Gasteiger partial charge in [0.25, 0.3) is 0 Å². The molecular formula is C31H33N2O5+. The number of rotatable bonds is 5. The number of hydrogen-bond acceptors (Lipinski definition) is 5. The molecule has 0 saturated carbocycles. The van der Waals surface area contributed by atoms with Crippen LogP contribution < -0.4 is 20.5 Å². The minimum atomic E-state index is -1.08. The summed E-state index contributed by atoms with van der Waals surface area (Å²) in [6.07, 6.45) is 0. The fourth-order valence-electron chi connectivity index (χ4n) is 4.76. The van der Waals surface area contributed by atoms with Crippen molar-refractivity contribution in [1.82, 2.24) is 4.58 Å². The van der Waals surface area contributed by atoms with E-state index in [1.807, 2.05) is 62.9 Å². The molecule has 3 aromatic carbocycles. The first-order valence-corrected chi connectivity index (χ1v) is 12.9. The smallest absolute Gasteiger partial charge is 0.348 e. The maximum atomic E-state index is 13.5. The van der Waals surface area contributed by atoms with Crippen LogP contribution in [0.2, 0.25) is 0 Å². The summed E-state index contributed by atoms with van der Waals surface area (Å²) < 4.78 is 14.1. The van der Waals surface area contributed by atoms with Crippen molar-refractivity contribution < 1.29 is 18.7 Å². The average Bonchev–Trinajstić information content (AvgIpc) is 2.93. The van der Waals surface area contributed by atoms with Crippen molar-refractivity contribution in [2.75, 3.05) is 32.1 Å². The number of anilines is 1. The first-order valence-electron chi connectivity index (χ1n) is 12.9. The number of fused-ring (bicyclic) bond motifs is 4. The number of carboxylic acids is 1. The van der Waals surface area contributed by atoms with Crippen LogP contribution >= 0.6 is 0 Å². The Morgan fingerprint density at radius 2 is 1.55 bits per heavy atom. The summed E-state index contributed by atoms with van der Waals surface area (Å²) in [5.41, 5.74) is 2.75. The minimum Gasteiger partial charge on any atom is -0.478 e. The summed E-state index contributed by atoms with van der Waals surface area (Å²) in [5, 5.41) is 12.3. The SMILES string of the molecule is CC.CCN(CC)c1ccc2c(-c3ccccc3C(=O)O)c3c(=O)oc4cc(=[N+](C)C)ccc4c3oc2c1. The Labute approximate surface area is 220 Å². The molecule has 5 aromatic rings. The molecule has 2 heterocycles. The molecule has 0 atom stereocenters. The first-order chi connectivity index (χ1) is 18.3. The van der Waals surface area contributed by atoms with Crippen molar-refractivity contribution in [2.45, 2.75) is 27.7 Å². The zero-order valence-corrected chi connectivity index (χ0v) is 22.7. The lowest BCUT2D eigenvalue weighted by molar-refractivity contribution is 0.0697. The van der Waals surface area contributed by atoms with Crippen LogP contribution in [-0.2, 0) is 0 Å². The Balaban J connectivity index is 0.00000164. The van der Waals surface area contributed by atoms with Crippen LogP contribution in [0.1, 0.15) is 38.1 Å². The number of carbonyl (C=O) groups is 1. The van der Waals surface area contributed by atoms with Gasteiger partial charge in [-0.3, -0.25) is 0 Å². The molecule has 0 amide bonds. The van der Waals surface area contributed by atoms with Gasteiger partial charge in [0.05, 0.1) is 17.0 Å². The van der Waals surface area contributed by atoms with E-state index in [1.54, 1.807) is 24.3 Å². The summed E-state index contributed by atoms with van der Waals surface area (Å²) in [6, 6.07) is 18.1. The standard InChI is InChI=1S/C29H26N2O5.C2H6/c1-5-31(6-2)18-12-13-21-23(16-18)35-27-22-14-11-17(30(3)4)15-24(22)36-29(34)26(27)25(21)19-9-7-8-10-20(19)28(32)33;1-2/h7-16H,5-6H2,1-4H3;1-2H3/p+1. The van der Waals surface area contributed by atoms with E-state index in [4.69, 9.17) is 8.83 Å². The van der Waals surface area contributed by atoms with Gasteiger partial charge in [0.1, 0.15) is 30.6 Å². The van der Waals surface area contributed by atoms with Crippen LogP contribution in [0.3, 0.4) is 0 Å². The highest BCUT2D eigenvalue weighted by Crippen LogP contribution is 2.40. The van der Waals surface area contributed by atoms with Gasteiger partial charge < -0.3 is 18.8 Å². The van der Waals surface area contributed by atoms with Gasteiger partial charge in [0.15, 0.2) is 5.58 Å². The van der Waals surface area contributed by atoms with Crippen LogP contribution in [-0.4, -0.2) is 38.3 Å². The lowest BCUT2D eigenvalue weighted by atomic mass is 9.93. The fraction of sp³-hybridized carbons (Fsp3) is 0.258. The third-order valence-corrected chi connectivity index (χ3v) is 6.61. The van der Waals surface area contributed by atoms with E-state index in [1.165, 1.54) is 6.07 Å². The van der Waals surface area contributed by atoms with Crippen molar-refractivity contribution in [3.8, 4) is 11.1 Å². The Kier molecular flexibility index (Phi) is 7.67. The minimum absolute atomic E-state index is 0.0987. The maximum Gasteiger partial charge on any atom is 0.348 e. The summed E-state index contributed by atoms with van der Waals surface area (Å²) in [5.74, 6) is -1.08. The predicted octanol–water partition coefficient (Wildman–Crippen LogP) is 5.96. The quantitative estimate of drug-likeness (QED) is 0.135. The van der Waals surface area contributed by atoms with Gasteiger partial charge in [-0.2, -0.15) is 0 Å². The third-order valence-electron chi connectivity index (χ3n) is 6.61. The van der Waals surface area contributed by atoms with Gasteiger partial charge in [-0.15, -0.1) is 0 Å². The molecule has 196 valence electrons. The van der Waals surface area contributed by atoms with Crippen molar-refractivity contribution >= 4 is 44.6 Å². The first kappa shape index (κ1) is 26.7. The highest BCUT2D eigenvalue weighted by atomic mass is 16.4. The number of hydrogen-bond donors (Lipinski definition) is 1.